The molecule has 19 heavy (non-hydrogen) atoms. The molecule has 1 heterocycles. The molecule has 0 aliphatic carbocycles. The Balaban J connectivity index is 2.03. The Bertz CT molecular complexity index is 407. The summed E-state index contributed by atoms with van der Waals surface area (Å²) in [6.07, 6.45) is 4.43. The molecule has 2 rings (SSSR count). The molecule has 1 aliphatic rings. The second-order valence-electron chi connectivity index (χ2n) is 4.99. The fourth-order valence-corrected chi connectivity index (χ4v) is 2.80. The standard InChI is InChI=1S/C15H21ClFNO/c1-2-18-15(8-6-12-4-3-9-19-12)13-10-11(16)5-7-14(13)17/h5,7,10,12,15,18H,2-4,6,8-9H2,1H3. The van der Waals surface area contributed by atoms with Crippen molar-refractivity contribution in [2.45, 2.75) is 44.8 Å². The third kappa shape index (κ3) is 4.16. The van der Waals surface area contributed by atoms with Crippen molar-refractivity contribution in [1.29, 1.82) is 0 Å². The molecule has 0 amide bonds. The van der Waals surface area contributed by atoms with Crippen molar-refractivity contribution >= 4 is 11.6 Å². The van der Waals surface area contributed by atoms with E-state index in [1.54, 1.807) is 12.1 Å². The Kier molecular flexibility index (Phi) is 5.61. The van der Waals surface area contributed by atoms with Crippen LogP contribution in [0.15, 0.2) is 18.2 Å². The summed E-state index contributed by atoms with van der Waals surface area (Å²) in [6, 6.07) is 4.75. The van der Waals surface area contributed by atoms with E-state index in [0.717, 1.165) is 38.8 Å². The molecular weight excluding hydrogens is 265 g/mol. The summed E-state index contributed by atoms with van der Waals surface area (Å²) in [6.45, 7) is 3.70. The molecule has 0 saturated carbocycles. The van der Waals surface area contributed by atoms with E-state index in [1.165, 1.54) is 6.07 Å². The van der Waals surface area contributed by atoms with Crippen molar-refractivity contribution in [2.24, 2.45) is 0 Å². The summed E-state index contributed by atoms with van der Waals surface area (Å²) in [5.74, 6) is -0.192. The van der Waals surface area contributed by atoms with E-state index in [9.17, 15) is 4.39 Å². The lowest BCUT2D eigenvalue weighted by atomic mass is 9.98. The van der Waals surface area contributed by atoms with Crippen LogP contribution in [0.25, 0.3) is 0 Å². The van der Waals surface area contributed by atoms with Crippen molar-refractivity contribution in [3.8, 4) is 0 Å². The van der Waals surface area contributed by atoms with Crippen molar-refractivity contribution in [3.63, 3.8) is 0 Å². The Labute approximate surface area is 119 Å². The molecule has 1 aromatic carbocycles. The number of hydrogen-bond acceptors (Lipinski definition) is 2. The predicted molar refractivity (Wildman–Crippen MR) is 76.0 cm³/mol. The quantitative estimate of drug-likeness (QED) is 0.850. The lowest BCUT2D eigenvalue weighted by Gasteiger charge is -2.21. The fraction of sp³-hybridized carbons (Fsp3) is 0.600. The van der Waals surface area contributed by atoms with E-state index < -0.39 is 0 Å². The minimum Gasteiger partial charge on any atom is -0.378 e. The average molecular weight is 286 g/mol. The van der Waals surface area contributed by atoms with Gasteiger partial charge in [-0.2, -0.15) is 0 Å². The minimum absolute atomic E-state index is 0.00731. The number of halogens is 2. The zero-order valence-electron chi connectivity index (χ0n) is 11.3. The maximum absolute atomic E-state index is 13.9. The summed E-state index contributed by atoms with van der Waals surface area (Å²) in [5.41, 5.74) is 0.660. The predicted octanol–water partition coefficient (Wildman–Crippen LogP) is 4.09. The van der Waals surface area contributed by atoms with Crippen molar-refractivity contribution in [2.75, 3.05) is 13.2 Å². The maximum Gasteiger partial charge on any atom is 0.128 e. The number of nitrogens with one attached hydrogen (secondary N) is 1. The number of rotatable bonds is 6. The van der Waals surface area contributed by atoms with Gasteiger partial charge in [-0.1, -0.05) is 18.5 Å². The van der Waals surface area contributed by atoms with Crippen LogP contribution in [0, 0.1) is 5.82 Å². The number of hydrogen-bond donors (Lipinski definition) is 1. The van der Waals surface area contributed by atoms with Crippen molar-refractivity contribution in [1.82, 2.24) is 5.32 Å². The average Bonchev–Trinajstić information content (AvgIpc) is 2.91. The molecule has 0 radical (unpaired) electrons. The molecular formula is C15H21ClFNO. The molecule has 2 nitrogen and oxygen atoms in total. The van der Waals surface area contributed by atoms with Crippen LogP contribution in [-0.2, 0) is 4.74 Å². The maximum atomic E-state index is 13.9. The summed E-state index contributed by atoms with van der Waals surface area (Å²) >= 11 is 5.97. The van der Waals surface area contributed by atoms with Gasteiger partial charge in [0.05, 0.1) is 6.10 Å². The van der Waals surface area contributed by atoms with Crippen LogP contribution in [0.4, 0.5) is 4.39 Å². The smallest absolute Gasteiger partial charge is 0.128 e. The Morgan fingerprint density at radius 1 is 1.53 bits per heavy atom. The number of ether oxygens (including phenoxy) is 1. The molecule has 1 N–H and O–H groups in total. The monoisotopic (exact) mass is 285 g/mol. The van der Waals surface area contributed by atoms with Gasteiger partial charge in [-0.15, -0.1) is 0 Å². The van der Waals surface area contributed by atoms with Crippen molar-refractivity contribution < 1.29 is 9.13 Å². The summed E-state index contributed by atoms with van der Waals surface area (Å²) in [5, 5.41) is 3.92. The second kappa shape index (κ2) is 7.22. The van der Waals surface area contributed by atoms with Crippen LogP contribution < -0.4 is 5.32 Å². The first kappa shape index (κ1) is 14.8. The third-order valence-corrected chi connectivity index (χ3v) is 3.82. The first-order valence-corrected chi connectivity index (χ1v) is 7.38. The van der Waals surface area contributed by atoms with Gasteiger partial charge in [0.1, 0.15) is 5.82 Å². The molecule has 2 atom stereocenters. The first-order chi connectivity index (χ1) is 9.20. The highest BCUT2D eigenvalue weighted by atomic mass is 35.5. The molecule has 0 aromatic heterocycles. The van der Waals surface area contributed by atoms with Gasteiger partial charge in [0.15, 0.2) is 0 Å². The zero-order chi connectivity index (χ0) is 13.7. The largest absolute Gasteiger partial charge is 0.378 e. The highest BCUT2D eigenvalue weighted by Crippen LogP contribution is 2.27. The van der Waals surface area contributed by atoms with E-state index in [-0.39, 0.29) is 11.9 Å². The van der Waals surface area contributed by atoms with Gasteiger partial charge < -0.3 is 10.1 Å². The van der Waals surface area contributed by atoms with Gasteiger partial charge in [-0.3, -0.25) is 0 Å². The highest BCUT2D eigenvalue weighted by molar-refractivity contribution is 6.30. The van der Waals surface area contributed by atoms with Gasteiger partial charge in [0.2, 0.25) is 0 Å². The SMILES string of the molecule is CCNC(CCC1CCCO1)c1cc(Cl)ccc1F. The molecule has 4 heteroatoms. The number of benzene rings is 1. The van der Waals surface area contributed by atoms with E-state index in [2.05, 4.69) is 5.32 Å². The molecule has 0 bridgehead atoms. The molecule has 1 saturated heterocycles. The molecule has 2 unspecified atom stereocenters. The van der Waals surface area contributed by atoms with Crippen LogP contribution in [0.5, 0.6) is 0 Å². The molecule has 1 fully saturated rings. The van der Waals surface area contributed by atoms with E-state index in [4.69, 9.17) is 16.3 Å². The highest BCUT2D eigenvalue weighted by Gasteiger charge is 2.20. The van der Waals surface area contributed by atoms with E-state index in [0.29, 0.717) is 16.7 Å². The van der Waals surface area contributed by atoms with Gasteiger partial charge in [0.25, 0.3) is 0 Å². The Hall–Kier alpha value is -0.640. The minimum atomic E-state index is -0.192. The van der Waals surface area contributed by atoms with Gasteiger partial charge in [-0.05, 0) is 50.4 Å². The third-order valence-electron chi connectivity index (χ3n) is 3.59. The lowest BCUT2D eigenvalue weighted by molar-refractivity contribution is 0.0995. The molecule has 0 spiro atoms. The zero-order valence-corrected chi connectivity index (χ0v) is 12.0. The fourth-order valence-electron chi connectivity index (χ4n) is 2.62. The van der Waals surface area contributed by atoms with Gasteiger partial charge >= 0.3 is 0 Å². The second-order valence-corrected chi connectivity index (χ2v) is 5.42. The van der Waals surface area contributed by atoms with E-state index in [1.807, 2.05) is 6.92 Å². The molecule has 1 aromatic rings. The summed E-state index contributed by atoms with van der Waals surface area (Å²) < 4.78 is 19.5. The van der Waals surface area contributed by atoms with Crippen LogP contribution in [0.2, 0.25) is 5.02 Å². The summed E-state index contributed by atoms with van der Waals surface area (Å²) in [7, 11) is 0. The van der Waals surface area contributed by atoms with Crippen LogP contribution in [0.3, 0.4) is 0 Å². The molecule has 106 valence electrons. The van der Waals surface area contributed by atoms with Gasteiger partial charge in [-0.25, -0.2) is 4.39 Å². The van der Waals surface area contributed by atoms with Crippen LogP contribution >= 0.6 is 11.6 Å². The van der Waals surface area contributed by atoms with Crippen LogP contribution in [-0.4, -0.2) is 19.3 Å². The lowest BCUT2D eigenvalue weighted by Crippen LogP contribution is -2.23. The normalized spacial score (nSPS) is 20.7. The van der Waals surface area contributed by atoms with Crippen molar-refractivity contribution in [3.05, 3.63) is 34.6 Å². The van der Waals surface area contributed by atoms with E-state index >= 15 is 0 Å². The molecule has 1 aliphatic heterocycles. The summed E-state index contributed by atoms with van der Waals surface area (Å²) in [4.78, 5) is 0. The van der Waals surface area contributed by atoms with Gasteiger partial charge in [0, 0.05) is 23.2 Å². The topological polar surface area (TPSA) is 21.3 Å². The van der Waals surface area contributed by atoms with Crippen LogP contribution in [0.1, 0.15) is 44.2 Å². The Morgan fingerprint density at radius 2 is 2.37 bits per heavy atom. The Morgan fingerprint density at radius 3 is 3.05 bits per heavy atom. The first-order valence-electron chi connectivity index (χ1n) is 7.00.